The zero-order valence-corrected chi connectivity index (χ0v) is 11.0. The van der Waals surface area contributed by atoms with Crippen LogP contribution in [0, 0.1) is 6.92 Å². The molecule has 0 aliphatic carbocycles. The van der Waals surface area contributed by atoms with E-state index in [2.05, 4.69) is 24.4 Å². The lowest BCUT2D eigenvalue weighted by Gasteiger charge is -2.25. The quantitative estimate of drug-likeness (QED) is 0.870. The summed E-state index contributed by atoms with van der Waals surface area (Å²) in [4.78, 5) is 0. The van der Waals surface area contributed by atoms with Gasteiger partial charge in [0.1, 0.15) is 13.2 Å². The van der Waals surface area contributed by atoms with Crippen LogP contribution < -0.4 is 14.8 Å². The van der Waals surface area contributed by atoms with E-state index in [1.807, 2.05) is 0 Å². The van der Waals surface area contributed by atoms with Gasteiger partial charge in [-0.3, -0.25) is 0 Å². The van der Waals surface area contributed by atoms with Crippen LogP contribution in [0.1, 0.15) is 30.4 Å². The van der Waals surface area contributed by atoms with Gasteiger partial charge in [-0.1, -0.05) is 12.5 Å². The van der Waals surface area contributed by atoms with Gasteiger partial charge in [0.15, 0.2) is 11.5 Å². The molecule has 1 saturated heterocycles. The molecule has 0 saturated carbocycles. The average Bonchev–Trinajstić information content (AvgIpc) is 2.40. The van der Waals surface area contributed by atoms with E-state index in [4.69, 9.17) is 9.47 Å². The standard InChI is InChI=1S/C15H21NO2/c1-11-8-12(9-13-4-2-3-5-16-13)10-14-15(11)18-7-6-17-14/h8,10,13,16H,2-7,9H2,1H3. The lowest BCUT2D eigenvalue weighted by atomic mass is 9.96. The van der Waals surface area contributed by atoms with Crippen molar-refractivity contribution in [2.24, 2.45) is 0 Å². The predicted octanol–water partition coefficient (Wildman–Crippen LogP) is 2.45. The van der Waals surface area contributed by atoms with Crippen LogP contribution in [0.5, 0.6) is 11.5 Å². The van der Waals surface area contributed by atoms with E-state index in [0.717, 1.165) is 24.5 Å². The van der Waals surface area contributed by atoms with E-state index < -0.39 is 0 Å². The van der Waals surface area contributed by atoms with Crippen LogP contribution in [-0.4, -0.2) is 25.8 Å². The van der Waals surface area contributed by atoms with E-state index in [1.54, 1.807) is 0 Å². The fourth-order valence-corrected chi connectivity index (χ4v) is 2.90. The molecule has 3 rings (SSSR count). The number of hydrogen-bond acceptors (Lipinski definition) is 3. The molecule has 3 nitrogen and oxygen atoms in total. The van der Waals surface area contributed by atoms with Crippen molar-refractivity contribution in [3.63, 3.8) is 0 Å². The maximum atomic E-state index is 5.69. The smallest absolute Gasteiger partial charge is 0.164 e. The van der Waals surface area contributed by atoms with Crippen LogP contribution in [0.2, 0.25) is 0 Å². The minimum absolute atomic E-state index is 0.626. The molecule has 18 heavy (non-hydrogen) atoms. The van der Waals surface area contributed by atoms with Crippen molar-refractivity contribution in [3.8, 4) is 11.5 Å². The molecule has 0 radical (unpaired) electrons. The number of rotatable bonds is 2. The molecule has 2 heterocycles. The summed E-state index contributed by atoms with van der Waals surface area (Å²) in [6, 6.07) is 5.02. The first-order valence-corrected chi connectivity index (χ1v) is 6.95. The molecule has 3 heteroatoms. The third kappa shape index (κ3) is 2.46. The summed E-state index contributed by atoms with van der Waals surface area (Å²) in [6.07, 6.45) is 5.04. The fraction of sp³-hybridized carbons (Fsp3) is 0.600. The highest BCUT2D eigenvalue weighted by Crippen LogP contribution is 2.35. The maximum Gasteiger partial charge on any atom is 0.164 e. The first-order chi connectivity index (χ1) is 8.83. The van der Waals surface area contributed by atoms with Crippen molar-refractivity contribution in [1.29, 1.82) is 0 Å². The van der Waals surface area contributed by atoms with Gasteiger partial charge in [0.05, 0.1) is 0 Å². The van der Waals surface area contributed by atoms with Gasteiger partial charge in [0.2, 0.25) is 0 Å². The van der Waals surface area contributed by atoms with E-state index in [1.165, 1.54) is 30.4 Å². The zero-order chi connectivity index (χ0) is 12.4. The summed E-state index contributed by atoms with van der Waals surface area (Å²) < 4.78 is 11.3. The molecule has 1 aromatic rings. The number of benzene rings is 1. The second-order valence-corrected chi connectivity index (χ2v) is 5.29. The zero-order valence-electron chi connectivity index (χ0n) is 11.0. The molecule has 98 valence electrons. The van der Waals surface area contributed by atoms with E-state index in [9.17, 15) is 0 Å². The first-order valence-electron chi connectivity index (χ1n) is 6.95. The summed E-state index contributed by atoms with van der Waals surface area (Å²) in [6.45, 7) is 4.59. The Hall–Kier alpha value is -1.22. The van der Waals surface area contributed by atoms with Crippen LogP contribution in [0.25, 0.3) is 0 Å². The summed E-state index contributed by atoms with van der Waals surface area (Å²) in [5.41, 5.74) is 2.55. The van der Waals surface area contributed by atoms with E-state index in [0.29, 0.717) is 19.3 Å². The second kappa shape index (κ2) is 5.19. The van der Waals surface area contributed by atoms with Crippen LogP contribution in [0.3, 0.4) is 0 Å². The molecule has 2 aliphatic rings. The molecule has 2 aliphatic heterocycles. The van der Waals surface area contributed by atoms with Gasteiger partial charge in [0, 0.05) is 6.04 Å². The Kier molecular flexibility index (Phi) is 3.41. The maximum absolute atomic E-state index is 5.69. The summed E-state index contributed by atoms with van der Waals surface area (Å²) in [5, 5.41) is 3.60. The number of piperidine rings is 1. The van der Waals surface area contributed by atoms with Crippen molar-refractivity contribution in [2.45, 2.75) is 38.6 Å². The topological polar surface area (TPSA) is 30.5 Å². The Morgan fingerprint density at radius 3 is 2.94 bits per heavy atom. The number of fused-ring (bicyclic) bond motifs is 1. The van der Waals surface area contributed by atoms with Crippen molar-refractivity contribution in [1.82, 2.24) is 5.32 Å². The predicted molar refractivity (Wildman–Crippen MR) is 71.5 cm³/mol. The molecule has 0 bridgehead atoms. The van der Waals surface area contributed by atoms with Gasteiger partial charge in [-0.25, -0.2) is 0 Å². The molecule has 1 atom stereocenters. The fourth-order valence-electron chi connectivity index (χ4n) is 2.90. The SMILES string of the molecule is Cc1cc(CC2CCCCN2)cc2c1OCCO2. The summed E-state index contributed by atoms with van der Waals surface area (Å²) in [5.74, 6) is 1.86. The summed E-state index contributed by atoms with van der Waals surface area (Å²) >= 11 is 0. The Morgan fingerprint density at radius 1 is 1.22 bits per heavy atom. The third-order valence-corrected chi connectivity index (χ3v) is 3.78. The van der Waals surface area contributed by atoms with Crippen molar-refractivity contribution < 1.29 is 9.47 Å². The van der Waals surface area contributed by atoms with E-state index >= 15 is 0 Å². The van der Waals surface area contributed by atoms with Crippen LogP contribution in [-0.2, 0) is 6.42 Å². The Bertz CT molecular complexity index is 425. The lowest BCUT2D eigenvalue weighted by molar-refractivity contribution is 0.170. The Morgan fingerprint density at radius 2 is 2.11 bits per heavy atom. The van der Waals surface area contributed by atoms with Gasteiger partial charge in [0.25, 0.3) is 0 Å². The average molecular weight is 247 g/mol. The number of hydrogen-bond donors (Lipinski definition) is 1. The molecular formula is C15H21NO2. The van der Waals surface area contributed by atoms with Gasteiger partial charge in [-0.2, -0.15) is 0 Å². The number of nitrogens with one attached hydrogen (secondary N) is 1. The number of aryl methyl sites for hydroxylation is 1. The molecule has 1 unspecified atom stereocenters. The second-order valence-electron chi connectivity index (χ2n) is 5.29. The minimum Gasteiger partial charge on any atom is -0.486 e. The minimum atomic E-state index is 0.626. The monoisotopic (exact) mass is 247 g/mol. The molecule has 1 N–H and O–H groups in total. The summed E-state index contributed by atoms with van der Waals surface area (Å²) in [7, 11) is 0. The van der Waals surface area contributed by atoms with Gasteiger partial charge < -0.3 is 14.8 Å². The first kappa shape index (κ1) is 11.8. The van der Waals surface area contributed by atoms with Crippen molar-refractivity contribution >= 4 is 0 Å². The van der Waals surface area contributed by atoms with E-state index in [-0.39, 0.29) is 0 Å². The van der Waals surface area contributed by atoms with Gasteiger partial charge in [-0.05, 0) is 49.9 Å². The van der Waals surface area contributed by atoms with Gasteiger partial charge >= 0.3 is 0 Å². The number of ether oxygens (including phenoxy) is 2. The highest BCUT2D eigenvalue weighted by molar-refractivity contribution is 5.49. The molecule has 0 spiro atoms. The Balaban J connectivity index is 1.77. The Labute approximate surface area is 108 Å². The van der Waals surface area contributed by atoms with Crippen LogP contribution in [0.15, 0.2) is 12.1 Å². The van der Waals surface area contributed by atoms with Crippen LogP contribution >= 0.6 is 0 Å². The largest absolute Gasteiger partial charge is 0.486 e. The van der Waals surface area contributed by atoms with Crippen molar-refractivity contribution in [3.05, 3.63) is 23.3 Å². The highest BCUT2D eigenvalue weighted by atomic mass is 16.6. The third-order valence-electron chi connectivity index (χ3n) is 3.78. The molecular weight excluding hydrogens is 226 g/mol. The van der Waals surface area contributed by atoms with Crippen molar-refractivity contribution in [2.75, 3.05) is 19.8 Å². The molecule has 1 aromatic carbocycles. The normalized spacial score (nSPS) is 22.8. The molecule has 1 fully saturated rings. The van der Waals surface area contributed by atoms with Crippen LogP contribution in [0.4, 0.5) is 0 Å². The molecule has 0 amide bonds. The van der Waals surface area contributed by atoms with Gasteiger partial charge in [-0.15, -0.1) is 0 Å². The molecule has 0 aromatic heterocycles. The highest BCUT2D eigenvalue weighted by Gasteiger charge is 2.18. The lowest BCUT2D eigenvalue weighted by Crippen LogP contribution is -2.35.